The predicted octanol–water partition coefficient (Wildman–Crippen LogP) is 0.608. The topological polar surface area (TPSA) is 110 Å². The number of rotatable bonds is 3. The highest BCUT2D eigenvalue weighted by Gasteiger charge is 2.06. The number of H-pyrrole nitrogens is 1. The molecule has 0 aliphatic carbocycles. The highest BCUT2D eigenvalue weighted by Crippen LogP contribution is 2.14. The van der Waals surface area contributed by atoms with Crippen LogP contribution in [0.2, 0.25) is 0 Å². The summed E-state index contributed by atoms with van der Waals surface area (Å²) in [6.45, 7) is 0.567. The van der Waals surface area contributed by atoms with Crippen LogP contribution < -0.4 is 22.3 Å². The van der Waals surface area contributed by atoms with E-state index in [2.05, 4.69) is 15.3 Å². The first-order valence-corrected chi connectivity index (χ1v) is 5.46. The first-order valence-electron chi connectivity index (χ1n) is 4.58. The van der Waals surface area contributed by atoms with Crippen LogP contribution in [0.1, 0.15) is 4.88 Å². The van der Waals surface area contributed by atoms with Crippen LogP contribution in [0.25, 0.3) is 0 Å². The van der Waals surface area contributed by atoms with E-state index >= 15 is 0 Å². The van der Waals surface area contributed by atoms with Crippen molar-refractivity contribution in [1.82, 2.24) is 9.97 Å². The molecule has 2 aromatic heterocycles. The van der Waals surface area contributed by atoms with Crippen LogP contribution in [0, 0.1) is 0 Å². The van der Waals surface area contributed by atoms with Gasteiger partial charge in [-0.15, -0.1) is 11.3 Å². The van der Waals surface area contributed by atoms with Gasteiger partial charge < -0.3 is 16.8 Å². The van der Waals surface area contributed by atoms with Gasteiger partial charge in [-0.3, -0.25) is 9.78 Å². The van der Waals surface area contributed by atoms with Crippen LogP contribution in [-0.2, 0) is 6.54 Å². The molecule has 0 aromatic carbocycles. The third kappa shape index (κ3) is 2.14. The Hall–Kier alpha value is -2.02. The summed E-state index contributed by atoms with van der Waals surface area (Å²) >= 11 is 1.61. The number of aromatic nitrogens is 2. The van der Waals surface area contributed by atoms with E-state index in [0.29, 0.717) is 12.4 Å². The minimum absolute atomic E-state index is 0.0470. The van der Waals surface area contributed by atoms with E-state index in [1.54, 1.807) is 11.3 Å². The third-order valence-corrected chi connectivity index (χ3v) is 2.86. The summed E-state index contributed by atoms with van der Waals surface area (Å²) in [7, 11) is 0. The molecule has 16 heavy (non-hydrogen) atoms. The minimum atomic E-state index is -0.429. The van der Waals surface area contributed by atoms with Crippen molar-refractivity contribution in [3.05, 3.63) is 32.7 Å². The molecule has 0 saturated carbocycles. The van der Waals surface area contributed by atoms with Gasteiger partial charge in [0.25, 0.3) is 5.56 Å². The van der Waals surface area contributed by atoms with Crippen LogP contribution in [0.5, 0.6) is 0 Å². The van der Waals surface area contributed by atoms with Gasteiger partial charge in [0.2, 0.25) is 5.95 Å². The van der Waals surface area contributed by atoms with Gasteiger partial charge in [-0.25, -0.2) is 0 Å². The molecular weight excluding hydrogens is 226 g/mol. The summed E-state index contributed by atoms with van der Waals surface area (Å²) in [5.74, 6) is 0.363. The average Bonchev–Trinajstić information content (AvgIpc) is 2.74. The minimum Gasteiger partial charge on any atom is -0.391 e. The van der Waals surface area contributed by atoms with Gasteiger partial charge in [0, 0.05) is 4.88 Å². The number of aromatic amines is 1. The smallest absolute Gasteiger partial charge is 0.277 e. The molecular formula is C9H11N5OS. The highest BCUT2D eigenvalue weighted by molar-refractivity contribution is 7.09. The summed E-state index contributed by atoms with van der Waals surface area (Å²) < 4.78 is 0. The molecule has 6 nitrogen and oxygen atoms in total. The van der Waals surface area contributed by atoms with Crippen molar-refractivity contribution in [1.29, 1.82) is 0 Å². The molecule has 0 radical (unpaired) electrons. The third-order valence-electron chi connectivity index (χ3n) is 1.98. The number of hydrogen-bond donors (Lipinski definition) is 4. The Morgan fingerprint density at radius 2 is 2.31 bits per heavy atom. The number of nitrogens with one attached hydrogen (secondary N) is 2. The van der Waals surface area contributed by atoms with Crippen molar-refractivity contribution in [2.45, 2.75) is 6.54 Å². The van der Waals surface area contributed by atoms with Gasteiger partial charge in [0.05, 0.1) is 6.54 Å². The highest BCUT2D eigenvalue weighted by atomic mass is 32.1. The number of nitrogen functional groups attached to an aromatic ring is 2. The standard InChI is InChI=1S/C9H11N5OS/c10-6-7(13-9(11)14-8(6)15)12-4-5-2-1-3-16-5/h1-3H,4,10H2,(H4,11,12,13,14,15). The van der Waals surface area contributed by atoms with Crippen LogP contribution in [0.4, 0.5) is 17.5 Å². The second-order valence-corrected chi connectivity index (χ2v) is 4.18. The molecule has 2 heterocycles. The summed E-state index contributed by atoms with van der Waals surface area (Å²) in [5.41, 5.74) is 10.6. The molecule has 2 rings (SSSR count). The lowest BCUT2D eigenvalue weighted by Crippen LogP contribution is -2.18. The Labute approximate surface area is 95.3 Å². The lowest BCUT2D eigenvalue weighted by Gasteiger charge is -2.06. The van der Waals surface area contributed by atoms with Gasteiger partial charge in [0.1, 0.15) is 5.69 Å². The molecule has 6 N–H and O–H groups in total. The van der Waals surface area contributed by atoms with Crippen LogP contribution in [-0.4, -0.2) is 9.97 Å². The predicted molar refractivity (Wildman–Crippen MR) is 65.3 cm³/mol. The Morgan fingerprint density at radius 1 is 1.50 bits per heavy atom. The van der Waals surface area contributed by atoms with Gasteiger partial charge in [0.15, 0.2) is 5.82 Å². The quantitative estimate of drug-likeness (QED) is 0.625. The van der Waals surface area contributed by atoms with Crippen molar-refractivity contribution in [2.24, 2.45) is 0 Å². The van der Waals surface area contributed by atoms with Gasteiger partial charge in [-0.05, 0) is 11.4 Å². The van der Waals surface area contributed by atoms with Crippen molar-refractivity contribution >= 4 is 28.8 Å². The molecule has 0 saturated heterocycles. The normalized spacial score (nSPS) is 10.2. The van der Waals surface area contributed by atoms with Crippen molar-refractivity contribution in [2.75, 3.05) is 16.8 Å². The summed E-state index contributed by atoms with van der Waals surface area (Å²) in [4.78, 5) is 18.7. The molecule has 0 bridgehead atoms. The summed E-state index contributed by atoms with van der Waals surface area (Å²) in [6.07, 6.45) is 0. The maximum Gasteiger partial charge on any atom is 0.277 e. The van der Waals surface area contributed by atoms with E-state index in [-0.39, 0.29) is 11.6 Å². The first-order chi connectivity index (χ1) is 7.66. The maximum absolute atomic E-state index is 11.3. The van der Waals surface area contributed by atoms with Crippen molar-refractivity contribution in [3.63, 3.8) is 0 Å². The summed E-state index contributed by atoms with van der Waals surface area (Å²) in [5, 5.41) is 4.94. The molecule has 7 heteroatoms. The largest absolute Gasteiger partial charge is 0.391 e. The van der Waals surface area contributed by atoms with Crippen molar-refractivity contribution in [3.8, 4) is 0 Å². The van der Waals surface area contributed by atoms with E-state index in [4.69, 9.17) is 11.5 Å². The molecule has 0 unspecified atom stereocenters. The van der Waals surface area contributed by atoms with Crippen LogP contribution >= 0.6 is 11.3 Å². The molecule has 0 amide bonds. The Balaban J connectivity index is 2.18. The molecule has 0 spiro atoms. The maximum atomic E-state index is 11.3. The average molecular weight is 237 g/mol. The van der Waals surface area contributed by atoms with E-state index in [1.165, 1.54) is 0 Å². The zero-order valence-corrected chi connectivity index (χ0v) is 9.17. The number of hydrogen-bond acceptors (Lipinski definition) is 6. The lowest BCUT2D eigenvalue weighted by molar-refractivity contribution is 1.09. The fourth-order valence-electron chi connectivity index (χ4n) is 1.22. The number of anilines is 3. The molecule has 0 aliphatic heterocycles. The van der Waals surface area contributed by atoms with Crippen molar-refractivity contribution < 1.29 is 0 Å². The molecule has 2 aromatic rings. The monoisotopic (exact) mass is 237 g/mol. The Bertz CT molecular complexity index is 533. The Kier molecular flexibility index (Phi) is 2.78. The number of nitrogens with zero attached hydrogens (tertiary/aromatic N) is 1. The molecule has 0 atom stereocenters. The van der Waals surface area contributed by atoms with E-state index in [9.17, 15) is 4.79 Å². The van der Waals surface area contributed by atoms with Gasteiger partial charge in [-0.2, -0.15) is 4.98 Å². The lowest BCUT2D eigenvalue weighted by atomic mass is 10.4. The van der Waals surface area contributed by atoms with Crippen LogP contribution in [0.15, 0.2) is 22.3 Å². The molecule has 84 valence electrons. The van der Waals surface area contributed by atoms with Gasteiger partial charge in [-0.1, -0.05) is 6.07 Å². The van der Waals surface area contributed by atoms with Gasteiger partial charge >= 0.3 is 0 Å². The van der Waals surface area contributed by atoms with E-state index < -0.39 is 5.56 Å². The SMILES string of the molecule is Nc1nc(NCc2cccs2)c(N)c(=O)[nH]1. The zero-order valence-electron chi connectivity index (χ0n) is 8.36. The Morgan fingerprint density at radius 3 is 3.00 bits per heavy atom. The second kappa shape index (κ2) is 4.23. The summed E-state index contributed by atoms with van der Waals surface area (Å²) in [6, 6.07) is 3.93. The zero-order chi connectivity index (χ0) is 11.5. The number of nitrogens with two attached hydrogens (primary N) is 2. The van der Waals surface area contributed by atoms with E-state index in [0.717, 1.165) is 4.88 Å². The molecule has 0 aliphatic rings. The second-order valence-electron chi connectivity index (χ2n) is 3.15. The first kappa shape index (κ1) is 10.5. The fourth-order valence-corrected chi connectivity index (χ4v) is 1.86. The fraction of sp³-hybridized carbons (Fsp3) is 0.111. The number of thiophene rings is 1. The van der Waals surface area contributed by atoms with E-state index in [1.807, 2.05) is 17.5 Å². The molecule has 0 fully saturated rings. The van der Waals surface area contributed by atoms with Crippen LogP contribution in [0.3, 0.4) is 0 Å².